The number of carboxylic acid groups (broad SMARTS) is 1. The minimum absolute atomic E-state index is 0.0703. The molecule has 0 saturated heterocycles. The van der Waals surface area contributed by atoms with Crippen LogP contribution in [0.2, 0.25) is 10.0 Å². The third-order valence-electron chi connectivity index (χ3n) is 1.83. The van der Waals surface area contributed by atoms with Crippen molar-refractivity contribution in [1.82, 2.24) is 0 Å². The van der Waals surface area contributed by atoms with Crippen molar-refractivity contribution < 1.29 is 19.4 Å². The summed E-state index contributed by atoms with van der Waals surface area (Å²) >= 11 is 12.8. The first-order chi connectivity index (χ1) is 7.95. The SMILES string of the molecule is COC(=O)CSc1cc(Cl)c(C(=O)O)cc1Cl. The van der Waals surface area contributed by atoms with E-state index in [-0.39, 0.29) is 21.4 Å². The fourth-order valence-electron chi connectivity index (χ4n) is 0.999. The minimum Gasteiger partial charge on any atom is -0.478 e. The summed E-state index contributed by atoms with van der Waals surface area (Å²) in [5.41, 5.74) is -0.0703. The van der Waals surface area contributed by atoms with Gasteiger partial charge in [0.15, 0.2) is 0 Å². The van der Waals surface area contributed by atoms with Gasteiger partial charge in [0.1, 0.15) is 0 Å². The van der Waals surface area contributed by atoms with Gasteiger partial charge in [0.25, 0.3) is 0 Å². The second-order valence-corrected chi connectivity index (χ2v) is 4.76. The Balaban J connectivity index is 2.92. The molecule has 0 unspecified atom stereocenters. The minimum atomic E-state index is -1.15. The summed E-state index contributed by atoms with van der Waals surface area (Å²) in [7, 11) is 1.28. The van der Waals surface area contributed by atoms with Crippen molar-refractivity contribution in [3.05, 3.63) is 27.7 Å². The zero-order valence-electron chi connectivity index (χ0n) is 8.70. The largest absolute Gasteiger partial charge is 0.478 e. The molecule has 0 aromatic heterocycles. The third kappa shape index (κ3) is 3.80. The molecule has 0 aliphatic heterocycles. The van der Waals surface area contributed by atoms with Crippen molar-refractivity contribution in [1.29, 1.82) is 0 Å². The first-order valence-electron chi connectivity index (χ1n) is 4.37. The molecule has 1 N–H and O–H groups in total. The Morgan fingerprint density at radius 2 is 2.00 bits per heavy atom. The van der Waals surface area contributed by atoms with Crippen LogP contribution in [0.15, 0.2) is 17.0 Å². The number of rotatable bonds is 4. The molecule has 92 valence electrons. The highest BCUT2D eigenvalue weighted by molar-refractivity contribution is 8.00. The molecule has 0 aliphatic carbocycles. The predicted octanol–water partition coefficient (Wildman–Crippen LogP) is 2.96. The van der Waals surface area contributed by atoms with Gasteiger partial charge < -0.3 is 9.84 Å². The number of carboxylic acids is 1. The van der Waals surface area contributed by atoms with Crippen LogP contribution in [0.5, 0.6) is 0 Å². The van der Waals surface area contributed by atoms with E-state index < -0.39 is 11.9 Å². The third-order valence-corrected chi connectivity index (χ3v) is 3.59. The second kappa shape index (κ2) is 6.14. The molecule has 0 bridgehead atoms. The average molecular weight is 295 g/mol. The lowest BCUT2D eigenvalue weighted by Gasteiger charge is -2.06. The predicted molar refractivity (Wildman–Crippen MR) is 66.2 cm³/mol. The van der Waals surface area contributed by atoms with Crippen molar-refractivity contribution in [2.75, 3.05) is 12.9 Å². The topological polar surface area (TPSA) is 63.6 Å². The molecule has 0 heterocycles. The zero-order valence-corrected chi connectivity index (χ0v) is 11.0. The van der Waals surface area contributed by atoms with E-state index in [0.717, 1.165) is 11.8 Å². The maximum atomic E-state index is 10.9. The van der Waals surface area contributed by atoms with Crippen molar-refractivity contribution in [2.45, 2.75) is 4.90 Å². The van der Waals surface area contributed by atoms with Gasteiger partial charge in [-0.25, -0.2) is 4.79 Å². The number of hydrogen-bond acceptors (Lipinski definition) is 4. The second-order valence-electron chi connectivity index (χ2n) is 2.93. The van der Waals surface area contributed by atoms with E-state index in [0.29, 0.717) is 4.90 Å². The molecule has 1 rings (SSSR count). The van der Waals surface area contributed by atoms with Crippen molar-refractivity contribution in [3.8, 4) is 0 Å². The Kier molecular flexibility index (Phi) is 5.11. The summed E-state index contributed by atoms with van der Waals surface area (Å²) < 4.78 is 4.47. The average Bonchev–Trinajstić information content (AvgIpc) is 2.28. The number of esters is 1. The van der Waals surface area contributed by atoms with Crippen LogP contribution in [-0.2, 0) is 9.53 Å². The highest BCUT2D eigenvalue weighted by atomic mass is 35.5. The lowest BCUT2D eigenvalue weighted by atomic mass is 10.2. The highest BCUT2D eigenvalue weighted by Crippen LogP contribution is 2.32. The molecule has 7 heteroatoms. The number of halogens is 2. The molecular formula is C10H8Cl2O4S. The van der Waals surface area contributed by atoms with Gasteiger partial charge in [0.2, 0.25) is 0 Å². The number of carbonyl (C=O) groups excluding carboxylic acids is 1. The van der Waals surface area contributed by atoms with Gasteiger partial charge in [-0.05, 0) is 12.1 Å². The van der Waals surface area contributed by atoms with E-state index in [1.807, 2.05) is 0 Å². The number of hydrogen-bond donors (Lipinski definition) is 1. The number of carbonyl (C=O) groups is 2. The van der Waals surface area contributed by atoms with Gasteiger partial charge in [-0.1, -0.05) is 23.2 Å². The summed E-state index contributed by atoms with van der Waals surface area (Å²) in [6.07, 6.45) is 0. The zero-order chi connectivity index (χ0) is 13.0. The number of ether oxygens (including phenoxy) is 1. The maximum absolute atomic E-state index is 10.9. The molecule has 1 aromatic rings. The Hall–Kier alpha value is -0.910. The Morgan fingerprint density at radius 3 is 2.53 bits per heavy atom. The van der Waals surface area contributed by atoms with E-state index >= 15 is 0 Å². The Bertz CT molecular complexity index is 462. The van der Waals surface area contributed by atoms with Crippen LogP contribution in [0.1, 0.15) is 10.4 Å². The molecule has 0 atom stereocenters. The summed E-state index contributed by atoms with van der Waals surface area (Å²) in [6.45, 7) is 0. The van der Waals surface area contributed by atoms with Gasteiger partial charge in [-0.3, -0.25) is 4.79 Å². The molecule has 17 heavy (non-hydrogen) atoms. The molecular weight excluding hydrogens is 287 g/mol. The van der Waals surface area contributed by atoms with Crippen LogP contribution >= 0.6 is 35.0 Å². The van der Waals surface area contributed by atoms with Gasteiger partial charge >= 0.3 is 11.9 Å². The van der Waals surface area contributed by atoms with Gasteiger partial charge in [-0.2, -0.15) is 0 Å². The maximum Gasteiger partial charge on any atom is 0.337 e. The number of aromatic carboxylic acids is 1. The van der Waals surface area contributed by atoms with Crippen molar-refractivity contribution >= 4 is 46.9 Å². The van der Waals surface area contributed by atoms with Gasteiger partial charge in [0, 0.05) is 4.90 Å². The van der Waals surface area contributed by atoms with Crippen molar-refractivity contribution in [3.63, 3.8) is 0 Å². The first-order valence-corrected chi connectivity index (χ1v) is 6.11. The summed E-state index contributed by atoms with van der Waals surface area (Å²) in [5, 5.41) is 9.13. The van der Waals surface area contributed by atoms with Crippen LogP contribution in [-0.4, -0.2) is 29.9 Å². The van der Waals surface area contributed by atoms with Gasteiger partial charge in [-0.15, -0.1) is 11.8 Å². The highest BCUT2D eigenvalue weighted by Gasteiger charge is 2.14. The smallest absolute Gasteiger partial charge is 0.337 e. The lowest BCUT2D eigenvalue weighted by molar-refractivity contribution is -0.137. The number of thioether (sulfide) groups is 1. The van der Waals surface area contributed by atoms with Crippen molar-refractivity contribution in [2.24, 2.45) is 0 Å². The van der Waals surface area contributed by atoms with E-state index in [2.05, 4.69) is 4.74 Å². The Morgan fingerprint density at radius 1 is 1.35 bits per heavy atom. The fraction of sp³-hybridized carbons (Fsp3) is 0.200. The monoisotopic (exact) mass is 294 g/mol. The molecule has 0 spiro atoms. The molecule has 0 aliphatic rings. The van der Waals surface area contributed by atoms with Crippen LogP contribution in [0.25, 0.3) is 0 Å². The van der Waals surface area contributed by atoms with Crippen LogP contribution in [0.3, 0.4) is 0 Å². The van der Waals surface area contributed by atoms with E-state index in [1.165, 1.54) is 19.2 Å². The summed E-state index contributed by atoms with van der Waals surface area (Å²) in [4.78, 5) is 22.3. The van der Waals surface area contributed by atoms with E-state index in [9.17, 15) is 9.59 Å². The molecule has 0 fully saturated rings. The quantitative estimate of drug-likeness (QED) is 0.683. The summed E-state index contributed by atoms with van der Waals surface area (Å²) in [6, 6.07) is 2.67. The molecule has 0 amide bonds. The Labute approximate surface area is 112 Å². The summed E-state index contributed by atoms with van der Waals surface area (Å²) in [5.74, 6) is -1.47. The first kappa shape index (κ1) is 14.2. The van der Waals surface area contributed by atoms with Gasteiger partial charge in [0.05, 0.1) is 28.5 Å². The normalized spacial score (nSPS) is 10.1. The van der Waals surface area contributed by atoms with Crippen LogP contribution in [0.4, 0.5) is 0 Å². The van der Waals surface area contributed by atoms with E-state index in [1.54, 1.807) is 0 Å². The molecule has 1 aromatic carbocycles. The number of benzene rings is 1. The lowest BCUT2D eigenvalue weighted by Crippen LogP contribution is -2.03. The molecule has 0 radical (unpaired) electrons. The van der Waals surface area contributed by atoms with E-state index in [4.69, 9.17) is 28.3 Å². The molecule has 0 saturated carbocycles. The molecule has 4 nitrogen and oxygen atoms in total. The number of methoxy groups -OCH3 is 1. The fourth-order valence-corrected chi connectivity index (χ4v) is 2.42. The van der Waals surface area contributed by atoms with Crippen LogP contribution in [0, 0.1) is 0 Å². The van der Waals surface area contributed by atoms with Crippen LogP contribution < -0.4 is 0 Å². The standard InChI is InChI=1S/C10H8Cl2O4S/c1-16-9(13)4-17-8-3-6(11)5(10(14)15)2-7(8)12/h2-3H,4H2,1H3,(H,14,15).